The van der Waals surface area contributed by atoms with Crippen LogP contribution in [-0.4, -0.2) is 4.98 Å². The molecule has 0 saturated heterocycles. The van der Waals surface area contributed by atoms with E-state index in [0.717, 1.165) is 16.8 Å². The van der Waals surface area contributed by atoms with Gasteiger partial charge in [0.1, 0.15) is 0 Å². The van der Waals surface area contributed by atoms with Crippen LogP contribution in [0.25, 0.3) is 44.4 Å². The van der Waals surface area contributed by atoms with Gasteiger partial charge in [0.2, 0.25) is 0 Å². The molecule has 0 unspecified atom stereocenters. The highest BCUT2D eigenvalue weighted by Gasteiger charge is 2.15. The van der Waals surface area contributed by atoms with Gasteiger partial charge in [-0.15, -0.1) is 0 Å². The molecular formula is C28H21N. The molecule has 138 valence electrons. The molecule has 4 aromatic carbocycles. The summed E-state index contributed by atoms with van der Waals surface area (Å²) in [5.74, 6) is 0. The fourth-order valence-corrected chi connectivity index (χ4v) is 4.04. The molecule has 0 amide bonds. The van der Waals surface area contributed by atoms with E-state index in [4.69, 9.17) is 4.98 Å². The summed E-state index contributed by atoms with van der Waals surface area (Å²) < 4.78 is 0. The predicted octanol–water partition coefficient (Wildman–Crippen LogP) is 7.54. The highest BCUT2D eigenvalue weighted by Crippen LogP contribution is 2.37. The van der Waals surface area contributed by atoms with Crippen molar-refractivity contribution in [3.05, 3.63) is 115 Å². The van der Waals surface area contributed by atoms with E-state index in [1.165, 1.54) is 33.2 Å². The van der Waals surface area contributed by atoms with E-state index in [-0.39, 0.29) is 0 Å². The number of para-hydroxylation sites is 1. The average Bonchev–Trinajstić information content (AvgIpc) is 2.80. The molecule has 0 aliphatic rings. The second-order valence-corrected chi connectivity index (χ2v) is 7.29. The molecule has 0 aliphatic carbocycles. The topological polar surface area (TPSA) is 12.9 Å². The number of aromatic nitrogens is 1. The van der Waals surface area contributed by atoms with Crippen molar-refractivity contribution in [2.75, 3.05) is 0 Å². The van der Waals surface area contributed by atoms with Gasteiger partial charge >= 0.3 is 0 Å². The zero-order valence-corrected chi connectivity index (χ0v) is 16.3. The molecule has 0 spiro atoms. The maximum atomic E-state index is 5.07. The summed E-state index contributed by atoms with van der Waals surface area (Å²) in [6.45, 7) is 2.19. The predicted molar refractivity (Wildman–Crippen MR) is 123 cm³/mol. The van der Waals surface area contributed by atoms with Gasteiger partial charge in [0.25, 0.3) is 0 Å². The van der Waals surface area contributed by atoms with E-state index >= 15 is 0 Å². The zero-order valence-electron chi connectivity index (χ0n) is 16.3. The monoisotopic (exact) mass is 371 g/mol. The largest absolute Gasteiger partial charge is 0.247 e. The van der Waals surface area contributed by atoms with Gasteiger partial charge in [-0.1, -0.05) is 97.1 Å². The smallest absolute Gasteiger partial charge is 0.0745 e. The van der Waals surface area contributed by atoms with Crippen LogP contribution in [0.2, 0.25) is 0 Å². The van der Waals surface area contributed by atoms with E-state index in [2.05, 4.69) is 116 Å². The second-order valence-electron chi connectivity index (χ2n) is 7.29. The van der Waals surface area contributed by atoms with Gasteiger partial charge in [-0.3, -0.25) is 0 Å². The molecule has 5 aromatic rings. The van der Waals surface area contributed by atoms with Crippen LogP contribution in [0, 0.1) is 6.92 Å². The summed E-state index contributed by atoms with van der Waals surface area (Å²) in [4.78, 5) is 5.07. The average molecular weight is 371 g/mol. The quantitative estimate of drug-likeness (QED) is 0.319. The number of nitrogens with zero attached hydrogens (tertiary/aromatic N) is 1. The minimum Gasteiger partial charge on any atom is -0.247 e. The Morgan fingerprint density at radius 1 is 0.517 bits per heavy atom. The van der Waals surface area contributed by atoms with E-state index in [1.807, 2.05) is 0 Å². The number of hydrogen-bond donors (Lipinski definition) is 0. The molecular weight excluding hydrogens is 350 g/mol. The van der Waals surface area contributed by atoms with E-state index < -0.39 is 0 Å². The summed E-state index contributed by atoms with van der Waals surface area (Å²) >= 11 is 0. The standard InChI is InChI=1S/C28H21N/c1-20-27(22-13-6-3-7-14-22)25-17-8-9-18-26(25)29-28(20)24-16-10-15-23(19-24)21-11-4-2-5-12-21/h2-19H,1H3. The van der Waals surface area contributed by atoms with Crippen LogP contribution < -0.4 is 0 Å². The molecule has 1 heteroatoms. The number of fused-ring (bicyclic) bond motifs is 1. The summed E-state index contributed by atoms with van der Waals surface area (Å²) in [5, 5.41) is 1.19. The third kappa shape index (κ3) is 3.21. The first kappa shape index (κ1) is 17.4. The number of benzene rings is 4. The Morgan fingerprint density at radius 2 is 1.10 bits per heavy atom. The van der Waals surface area contributed by atoms with Crippen LogP contribution in [0.1, 0.15) is 5.56 Å². The second kappa shape index (κ2) is 7.37. The fraction of sp³-hybridized carbons (Fsp3) is 0.0357. The van der Waals surface area contributed by atoms with Gasteiger partial charge in [-0.25, -0.2) is 4.98 Å². The Bertz CT molecular complexity index is 1290. The summed E-state index contributed by atoms with van der Waals surface area (Å²) in [7, 11) is 0. The molecule has 5 rings (SSSR count). The Kier molecular flexibility index (Phi) is 4.42. The van der Waals surface area contributed by atoms with Crippen LogP contribution in [0.3, 0.4) is 0 Å². The Hall–Kier alpha value is -3.71. The van der Waals surface area contributed by atoms with Crippen LogP contribution in [-0.2, 0) is 0 Å². The maximum absolute atomic E-state index is 5.07. The highest BCUT2D eigenvalue weighted by molar-refractivity contribution is 5.99. The number of hydrogen-bond acceptors (Lipinski definition) is 1. The van der Waals surface area contributed by atoms with Crippen molar-refractivity contribution in [1.82, 2.24) is 4.98 Å². The van der Waals surface area contributed by atoms with E-state index in [9.17, 15) is 0 Å². The molecule has 1 nitrogen and oxygen atoms in total. The summed E-state index contributed by atoms with van der Waals surface area (Å²) in [6.07, 6.45) is 0. The first-order valence-corrected chi connectivity index (χ1v) is 9.92. The molecule has 1 aromatic heterocycles. The van der Waals surface area contributed by atoms with Crippen molar-refractivity contribution in [2.45, 2.75) is 6.92 Å². The van der Waals surface area contributed by atoms with Crippen molar-refractivity contribution in [2.24, 2.45) is 0 Å². The lowest BCUT2D eigenvalue weighted by atomic mass is 9.92. The van der Waals surface area contributed by atoms with Crippen LogP contribution in [0.5, 0.6) is 0 Å². The molecule has 0 N–H and O–H groups in total. The van der Waals surface area contributed by atoms with Gasteiger partial charge in [-0.2, -0.15) is 0 Å². The molecule has 0 bridgehead atoms. The Morgan fingerprint density at radius 3 is 1.86 bits per heavy atom. The fourth-order valence-electron chi connectivity index (χ4n) is 4.04. The van der Waals surface area contributed by atoms with Crippen molar-refractivity contribution in [1.29, 1.82) is 0 Å². The SMILES string of the molecule is Cc1c(-c2cccc(-c3ccccc3)c2)nc2ccccc2c1-c1ccccc1. The first-order chi connectivity index (χ1) is 14.3. The third-order valence-corrected chi connectivity index (χ3v) is 5.44. The van der Waals surface area contributed by atoms with Gasteiger partial charge in [0, 0.05) is 10.9 Å². The number of rotatable bonds is 3. The van der Waals surface area contributed by atoms with Crippen LogP contribution in [0.4, 0.5) is 0 Å². The van der Waals surface area contributed by atoms with Gasteiger partial charge in [0.15, 0.2) is 0 Å². The summed E-state index contributed by atoms with van der Waals surface area (Å²) in [5.41, 5.74) is 9.33. The van der Waals surface area contributed by atoms with Crippen LogP contribution >= 0.6 is 0 Å². The molecule has 0 fully saturated rings. The Labute approximate surface area is 171 Å². The van der Waals surface area contributed by atoms with Gasteiger partial charge < -0.3 is 0 Å². The van der Waals surface area contributed by atoms with Crippen molar-refractivity contribution in [3.8, 4) is 33.5 Å². The van der Waals surface area contributed by atoms with E-state index in [0.29, 0.717) is 0 Å². The maximum Gasteiger partial charge on any atom is 0.0745 e. The molecule has 0 radical (unpaired) electrons. The van der Waals surface area contributed by atoms with Crippen molar-refractivity contribution in [3.63, 3.8) is 0 Å². The van der Waals surface area contributed by atoms with Crippen molar-refractivity contribution >= 4 is 10.9 Å². The highest BCUT2D eigenvalue weighted by atomic mass is 14.7. The normalized spacial score (nSPS) is 10.9. The molecule has 1 heterocycles. The third-order valence-electron chi connectivity index (χ3n) is 5.44. The minimum atomic E-state index is 1.03. The molecule has 0 atom stereocenters. The van der Waals surface area contributed by atoms with Crippen molar-refractivity contribution < 1.29 is 0 Å². The Balaban J connectivity index is 1.76. The van der Waals surface area contributed by atoms with Gasteiger partial charge in [0.05, 0.1) is 11.2 Å². The van der Waals surface area contributed by atoms with Gasteiger partial charge in [-0.05, 0) is 46.9 Å². The lowest BCUT2D eigenvalue weighted by Gasteiger charge is -2.16. The number of pyridine rings is 1. The summed E-state index contributed by atoms with van der Waals surface area (Å²) in [6, 6.07) is 38.2. The van der Waals surface area contributed by atoms with Crippen LogP contribution in [0.15, 0.2) is 109 Å². The zero-order chi connectivity index (χ0) is 19.6. The molecule has 0 saturated carbocycles. The minimum absolute atomic E-state index is 1.03. The molecule has 0 aliphatic heterocycles. The van der Waals surface area contributed by atoms with E-state index in [1.54, 1.807) is 0 Å². The lowest BCUT2D eigenvalue weighted by Crippen LogP contribution is -1.95. The first-order valence-electron chi connectivity index (χ1n) is 9.92. The lowest BCUT2D eigenvalue weighted by molar-refractivity contribution is 1.33. The molecule has 29 heavy (non-hydrogen) atoms.